The van der Waals surface area contributed by atoms with Crippen molar-refractivity contribution in [2.24, 2.45) is 0 Å². The van der Waals surface area contributed by atoms with Gasteiger partial charge in [-0.3, -0.25) is 4.98 Å². The topological polar surface area (TPSA) is 24.9 Å². The van der Waals surface area contributed by atoms with E-state index in [2.05, 4.69) is 26.2 Å². The third-order valence-corrected chi connectivity index (χ3v) is 4.20. The van der Waals surface area contributed by atoms with Gasteiger partial charge in [0.25, 0.3) is 0 Å². The summed E-state index contributed by atoms with van der Waals surface area (Å²) in [5.74, 6) is -0.437. The van der Waals surface area contributed by atoms with Crippen LogP contribution in [0.5, 0.6) is 0 Å². The molecule has 0 fully saturated rings. The summed E-state index contributed by atoms with van der Waals surface area (Å²) in [6.07, 6.45) is 1.75. The first-order valence-electron chi connectivity index (χ1n) is 6.37. The molecule has 0 aliphatic rings. The van der Waals surface area contributed by atoms with E-state index in [1.807, 2.05) is 24.3 Å². The minimum absolute atomic E-state index is 0.110. The monoisotopic (exact) mass is 364 g/mol. The molecule has 0 unspecified atom stereocenters. The van der Waals surface area contributed by atoms with Gasteiger partial charge in [-0.05, 0) is 29.8 Å². The molecule has 1 aromatic heterocycles. The lowest BCUT2D eigenvalue weighted by molar-refractivity contribution is 0.630. The number of halogens is 3. The Morgan fingerprint density at radius 3 is 2.86 bits per heavy atom. The highest BCUT2D eigenvalue weighted by atomic mass is 79.9. The van der Waals surface area contributed by atoms with Gasteiger partial charge in [-0.15, -0.1) is 0 Å². The van der Waals surface area contributed by atoms with E-state index < -0.39 is 5.82 Å². The number of hydrogen-bond acceptors (Lipinski definition) is 2. The molecule has 5 heteroatoms. The standard InChI is InChI=1S/C16H11BrClFN2/c17-12-7-6-10(16-11(12)3-2-8-20-16)9-21-14-5-1-4-13(18)15(14)19/h1-8,21H,9H2. The van der Waals surface area contributed by atoms with Crippen LogP contribution in [-0.4, -0.2) is 4.98 Å². The lowest BCUT2D eigenvalue weighted by Gasteiger charge is -2.11. The Balaban J connectivity index is 1.92. The molecule has 1 heterocycles. The summed E-state index contributed by atoms with van der Waals surface area (Å²) in [5.41, 5.74) is 2.27. The second-order valence-electron chi connectivity index (χ2n) is 4.56. The zero-order valence-electron chi connectivity index (χ0n) is 10.9. The van der Waals surface area contributed by atoms with Crippen molar-refractivity contribution in [2.75, 3.05) is 5.32 Å². The molecular weight excluding hydrogens is 355 g/mol. The van der Waals surface area contributed by atoms with Crippen molar-refractivity contribution >= 4 is 44.1 Å². The Morgan fingerprint density at radius 2 is 2.00 bits per heavy atom. The molecule has 0 aliphatic heterocycles. The van der Waals surface area contributed by atoms with Gasteiger partial charge < -0.3 is 5.32 Å². The number of nitrogens with zero attached hydrogens (tertiary/aromatic N) is 1. The van der Waals surface area contributed by atoms with Gasteiger partial charge in [-0.25, -0.2) is 4.39 Å². The summed E-state index contributed by atoms with van der Waals surface area (Å²) >= 11 is 9.29. The fourth-order valence-electron chi connectivity index (χ4n) is 2.17. The van der Waals surface area contributed by atoms with E-state index in [9.17, 15) is 4.39 Å². The molecule has 0 atom stereocenters. The van der Waals surface area contributed by atoms with Crippen LogP contribution in [0, 0.1) is 5.82 Å². The summed E-state index contributed by atoms with van der Waals surface area (Å²) in [5, 5.41) is 4.21. The van der Waals surface area contributed by atoms with Crippen LogP contribution in [0.25, 0.3) is 10.9 Å². The summed E-state index contributed by atoms with van der Waals surface area (Å²) in [6.45, 7) is 0.470. The van der Waals surface area contributed by atoms with Gasteiger partial charge in [0, 0.05) is 22.6 Å². The van der Waals surface area contributed by atoms with Crippen LogP contribution in [0.15, 0.2) is 53.1 Å². The summed E-state index contributed by atoms with van der Waals surface area (Å²) in [6, 6.07) is 12.7. The van der Waals surface area contributed by atoms with E-state index in [1.54, 1.807) is 18.3 Å². The number of anilines is 1. The van der Waals surface area contributed by atoms with Crippen LogP contribution in [0.4, 0.5) is 10.1 Å². The normalized spacial score (nSPS) is 10.8. The van der Waals surface area contributed by atoms with Crippen molar-refractivity contribution in [2.45, 2.75) is 6.54 Å². The molecule has 3 rings (SSSR count). The maximum Gasteiger partial charge on any atom is 0.164 e. The first-order valence-corrected chi connectivity index (χ1v) is 7.54. The molecular formula is C16H11BrClFN2. The molecule has 0 aliphatic carbocycles. The molecule has 0 amide bonds. The van der Waals surface area contributed by atoms with Gasteiger partial charge in [-0.2, -0.15) is 0 Å². The van der Waals surface area contributed by atoms with Crippen LogP contribution in [0.1, 0.15) is 5.56 Å². The molecule has 106 valence electrons. The van der Waals surface area contributed by atoms with E-state index in [1.165, 1.54) is 6.07 Å². The first kappa shape index (κ1) is 14.3. The maximum absolute atomic E-state index is 13.9. The second-order valence-corrected chi connectivity index (χ2v) is 5.82. The lowest BCUT2D eigenvalue weighted by Crippen LogP contribution is -2.03. The summed E-state index contributed by atoms with van der Waals surface area (Å²) in [4.78, 5) is 4.40. The number of pyridine rings is 1. The molecule has 3 aromatic rings. The number of nitrogens with one attached hydrogen (secondary N) is 1. The molecule has 0 spiro atoms. The van der Waals surface area contributed by atoms with Crippen LogP contribution in [0.3, 0.4) is 0 Å². The first-order chi connectivity index (χ1) is 10.2. The van der Waals surface area contributed by atoms with Crippen LogP contribution in [-0.2, 0) is 6.54 Å². The molecule has 0 saturated carbocycles. The Morgan fingerprint density at radius 1 is 1.14 bits per heavy atom. The minimum atomic E-state index is -0.437. The van der Waals surface area contributed by atoms with Gasteiger partial charge in [0.2, 0.25) is 0 Å². The summed E-state index contributed by atoms with van der Waals surface area (Å²) in [7, 11) is 0. The predicted molar refractivity (Wildman–Crippen MR) is 88.2 cm³/mol. The zero-order valence-corrected chi connectivity index (χ0v) is 13.2. The molecule has 0 bridgehead atoms. The van der Waals surface area contributed by atoms with Crippen molar-refractivity contribution in [3.05, 3.63) is 69.5 Å². The highest BCUT2D eigenvalue weighted by molar-refractivity contribution is 9.10. The maximum atomic E-state index is 13.9. The Bertz CT molecular complexity index is 807. The number of benzene rings is 2. The molecule has 0 radical (unpaired) electrons. The average molecular weight is 366 g/mol. The number of rotatable bonds is 3. The summed E-state index contributed by atoms with van der Waals surface area (Å²) < 4.78 is 14.9. The van der Waals surface area contributed by atoms with Crippen LogP contribution < -0.4 is 5.32 Å². The van der Waals surface area contributed by atoms with E-state index in [-0.39, 0.29) is 5.02 Å². The van der Waals surface area contributed by atoms with Gasteiger partial charge in [0.15, 0.2) is 5.82 Å². The Kier molecular flexibility index (Phi) is 4.08. The van der Waals surface area contributed by atoms with E-state index in [0.717, 1.165) is 20.9 Å². The second kappa shape index (κ2) is 6.00. The fraction of sp³-hybridized carbons (Fsp3) is 0.0625. The van der Waals surface area contributed by atoms with Crippen molar-refractivity contribution in [1.82, 2.24) is 4.98 Å². The quantitative estimate of drug-likeness (QED) is 0.672. The lowest BCUT2D eigenvalue weighted by atomic mass is 10.1. The SMILES string of the molecule is Fc1c(Cl)cccc1NCc1ccc(Br)c2cccnc12. The predicted octanol–water partition coefficient (Wildman–Crippen LogP) is 5.40. The molecule has 2 nitrogen and oxygen atoms in total. The Labute approximate surface area is 135 Å². The Hall–Kier alpha value is -1.65. The zero-order chi connectivity index (χ0) is 14.8. The highest BCUT2D eigenvalue weighted by Gasteiger charge is 2.08. The molecule has 2 aromatic carbocycles. The van der Waals surface area contributed by atoms with Crippen LogP contribution in [0.2, 0.25) is 5.02 Å². The number of fused-ring (bicyclic) bond motifs is 1. The van der Waals surface area contributed by atoms with Crippen molar-refractivity contribution in [1.29, 1.82) is 0 Å². The van der Waals surface area contributed by atoms with Gasteiger partial charge in [-0.1, -0.05) is 45.7 Å². The van der Waals surface area contributed by atoms with E-state index >= 15 is 0 Å². The smallest absolute Gasteiger partial charge is 0.164 e. The van der Waals surface area contributed by atoms with E-state index in [0.29, 0.717) is 12.2 Å². The average Bonchev–Trinajstić information content (AvgIpc) is 2.51. The molecule has 1 N–H and O–H groups in total. The van der Waals surface area contributed by atoms with Crippen molar-refractivity contribution < 1.29 is 4.39 Å². The highest BCUT2D eigenvalue weighted by Crippen LogP contribution is 2.27. The fourth-order valence-corrected chi connectivity index (χ4v) is 2.80. The third-order valence-electron chi connectivity index (χ3n) is 3.22. The largest absolute Gasteiger partial charge is 0.378 e. The number of hydrogen-bond donors (Lipinski definition) is 1. The van der Waals surface area contributed by atoms with Crippen molar-refractivity contribution in [3.63, 3.8) is 0 Å². The van der Waals surface area contributed by atoms with Gasteiger partial charge >= 0.3 is 0 Å². The van der Waals surface area contributed by atoms with Gasteiger partial charge in [0.05, 0.1) is 16.2 Å². The minimum Gasteiger partial charge on any atom is -0.378 e. The van der Waals surface area contributed by atoms with Gasteiger partial charge in [0.1, 0.15) is 0 Å². The number of aromatic nitrogens is 1. The van der Waals surface area contributed by atoms with Crippen LogP contribution >= 0.6 is 27.5 Å². The van der Waals surface area contributed by atoms with Crippen molar-refractivity contribution in [3.8, 4) is 0 Å². The van der Waals surface area contributed by atoms with E-state index in [4.69, 9.17) is 11.6 Å². The third kappa shape index (κ3) is 2.87. The molecule has 0 saturated heterocycles. The molecule has 21 heavy (non-hydrogen) atoms.